The lowest BCUT2D eigenvalue weighted by molar-refractivity contribution is 0.685. The number of nitrogens with one attached hydrogen (secondary N) is 2. The molecule has 0 saturated carbocycles. The lowest BCUT2D eigenvalue weighted by atomic mass is 10.1. The van der Waals surface area contributed by atoms with Gasteiger partial charge in [0.05, 0.1) is 23.8 Å². The summed E-state index contributed by atoms with van der Waals surface area (Å²) in [4.78, 5) is 10.0. The van der Waals surface area contributed by atoms with Crippen molar-refractivity contribution in [1.29, 1.82) is 0 Å². The molecule has 26 heavy (non-hydrogen) atoms. The van der Waals surface area contributed by atoms with Crippen LogP contribution in [0.1, 0.15) is 26.7 Å². The van der Waals surface area contributed by atoms with Gasteiger partial charge >= 0.3 is 0 Å². The molecule has 6 nitrogen and oxygen atoms in total. The van der Waals surface area contributed by atoms with Crippen molar-refractivity contribution in [2.45, 2.75) is 33.5 Å². The van der Waals surface area contributed by atoms with Gasteiger partial charge in [-0.05, 0) is 31.0 Å². The highest BCUT2D eigenvalue weighted by Gasteiger charge is 2.06. The van der Waals surface area contributed by atoms with Crippen LogP contribution < -0.4 is 10.6 Å². The van der Waals surface area contributed by atoms with Crippen LogP contribution in [0.2, 0.25) is 0 Å². The average Bonchev–Trinajstić information content (AvgIpc) is 3.25. The largest absolute Gasteiger partial charge is 0.352 e. The van der Waals surface area contributed by atoms with Gasteiger partial charge in [0.15, 0.2) is 5.96 Å². The maximum absolute atomic E-state index is 4.46. The summed E-state index contributed by atoms with van der Waals surface area (Å²) < 4.78 is 1.92. The Kier molecular flexibility index (Phi) is 6.01. The first-order valence-electron chi connectivity index (χ1n) is 8.56. The third kappa shape index (κ3) is 4.92. The quantitative estimate of drug-likeness (QED) is 0.519. The number of guanidine groups is 1. The maximum Gasteiger partial charge on any atom is 0.191 e. The molecule has 0 bridgehead atoms. The van der Waals surface area contributed by atoms with Crippen LogP contribution in [0.3, 0.4) is 0 Å². The number of aromatic nitrogens is 3. The topological polar surface area (TPSA) is 67.1 Å². The molecule has 0 amide bonds. The van der Waals surface area contributed by atoms with Crippen molar-refractivity contribution < 1.29 is 0 Å². The Balaban J connectivity index is 1.54. The number of hydrogen-bond donors (Lipinski definition) is 2. The van der Waals surface area contributed by atoms with Crippen molar-refractivity contribution in [2.24, 2.45) is 4.99 Å². The molecule has 0 fully saturated rings. The van der Waals surface area contributed by atoms with E-state index in [9.17, 15) is 0 Å². The van der Waals surface area contributed by atoms with Crippen molar-refractivity contribution in [3.05, 3.63) is 69.4 Å². The van der Waals surface area contributed by atoms with Crippen molar-refractivity contribution in [3.8, 4) is 0 Å². The summed E-state index contributed by atoms with van der Waals surface area (Å²) in [6, 6.07) is 10.4. The highest BCUT2D eigenvalue weighted by Crippen LogP contribution is 2.16. The Morgan fingerprint density at radius 2 is 1.96 bits per heavy atom. The fourth-order valence-corrected chi connectivity index (χ4v) is 3.60. The lowest BCUT2D eigenvalue weighted by Crippen LogP contribution is -2.36. The van der Waals surface area contributed by atoms with Gasteiger partial charge in [0, 0.05) is 30.9 Å². The summed E-state index contributed by atoms with van der Waals surface area (Å²) in [6.45, 7) is 6.30. The summed E-state index contributed by atoms with van der Waals surface area (Å²) in [7, 11) is 1.79. The molecule has 0 spiro atoms. The van der Waals surface area contributed by atoms with Crippen LogP contribution in [0.4, 0.5) is 0 Å². The molecule has 2 aromatic heterocycles. The fourth-order valence-electron chi connectivity index (χ4n) is 2.73. The molecule has 0 saturated heterocycles. The molecule has 3 rings (SSSR count). The zero-order valence-corrected chi connectivity index (χ0v) is 16.2. The van der Waals surface area contributed by atoms with E-state index in [1.807, 2.05) is 30.8 Å². The van der Waals surface area contributed by atoms with E-state index < -0.39 is 0 Å². The van der Waals surface area contributed by atoms with E-state index in [2.05, 4.69) is 50.0 Å². The molecule has 0 radical (unpaired) electrons. The van der Waals surface area contributed by atoms with Crippen LogP contribution in [0.25, 0.3) is 0 Å². The highest BCUT2D eigenvalue weighted by atomic mass is 32.1. The van der Waals surface area contributed by atoms with E-state index >= 15 is 0 Å². The summed E-state index contributed by atoms with van der Waals surface area (Å²) >= 11 is 1.72. The van der Waals surface area contributed by atoms with E-state index in [0.717, 1.165) is 29.8 Å². The van der Waals surface area contributed by atoms with Crippen LogP contribution in [0.15, 0.2) is 47.7 Å². The molecule has 136 valence electrons. The predicted octanol–water partition coefficient (Wildman–Crippen LogP) is 2.87. The Labute approximate surface area is 158 Å². The molecule has 2 N–H and O–H groups in total. The Morgan fingerprint density at radius 3 is 2.65 bits per heavy atom. The number of aliphatic imine (C=N–C) groups is 1. The van der Waals surface area contributed by atoms with Crippen molar-refractivity contribution in [1.82, 2.24) is 25.4 Å². The van der Waals surface area contributed by atoms with Crippen molar-refractivity contribution >= 4 is 17.3 Å². The normalized spacial score (nSPS) is 11.6. The third-order valence-electron chi connectivity index (χ3n) is 3.99. The maximum atomic E-state index is 4.46. The second-order valence-corrected chi connectivity index (χ2v) is 7.33. The van der Waals surface area contributed by atoms with Gasteiger partial charge in [0.25, 0.3) is 0 Å². The van der Waals surface area contributed by atoms with Gasteiger partial charge in [-0.1, -0.05) is 24.3 Å². The number of thiazole rings is 1. The van der Waals surface area contributed by atoms with E-state index in [1.165, 1.54) is 16.0 Å². The molecular formula is C19H24N6S. The van der Waals surface area contributed by atoms with Gasteiger partial charge in [0.2, 0.25) is 0 Å². The fraction of sp³-hybridized carbons (Fsp3) is 0.316. The van der Waals surface area contributed by atoms with Gasteiger partial charge in [-0.2, -0.15) is 5.10 Å². The summed E-state index contributed by atoms with van der Waals surface area (Å²) in [5.41, 5.74) is 3.52. The van der Waals surface area contributed by atoms with Crippen molar-refractivity contribution in [3.63, 3.8) is 0 Å². The number of hydrogen-bond acceptors (Lipinski definition) is 4. The molecule has 7 heteroatoms. The zero-order chi connectivity index (χ0) is 18.4. The van der Waals surface area contributed by atoms with E-state index in [4.69, 9.17) is 0 Å². The standard InChI is InChI=1S/C19H24N6S/c1-14-18(26-15(2)24-14)12-22-19(20-3)21-11-16-6-4-7-17(10-16)13-25-9-5-8-23-25/h4-10H,11-13H2,1-3H3,(H2,20,21,22). The number of nitrogens with zero attached hydrogens (tertiary/aromatic N) is 4. The average molecular weight is 369 g/mol. The van der Waals surface area contributed by atoms with Gasteiger partial charge in [-0.3, -0.25) is 9.67 Å². The number of rotatable bonds is 6. The van der Waals surface area contributed by atoms with Gasteiger partial charge in [-0.25, -0.2) is 4.98 Å². The highest BCUT2D eigenvalue weighted by molar-refractivity contribution is 7.11. The van der Waals surface area contributed by atoms with E-state index in [-0.39, 0.29) is 0 Å². The second kappa shape index (κ2) is 8.62. The van der Waals surface area contributed by atoms with Crippen LogP contribution in [0, 0.1) is 13.8 Å². The van der Waals surface area contributed by atoms with Crippen LogP contribution in [-0.4, -0.2) is 27.8 Å². The first-order valence-corrected chi connectivity index (χ1v) is 9.38. The molecule has 2 heterocycles. The Hall–Kier alpha value is -2.67. The molecule has 3 aromatic rings. The van der Waals surface area contributed by atoms with E-state index in [0.29, 0.717) is 6.54 Å². The Bertz CT molecular complexity index is 866. The van der Waals surface area contributed by atoms with E-state index in [1.54, 1.807) is 24.6 Å². The lowest BCUT2D eigenvalue weighted by Gasteiger charge is -2.12. The summed E-state index contributed by atoms with van der Waals surface area (Å²) in [6.07, 6.45) is 3.77. The van der Waals surface area contributed by atoms with Gasteiger partial charge in [-0.15, -0.1) is 11.3 Å². The molecule has 1 aromatic carbocycles. The molecule has 0 aliphatic rings. The zero-order valence-electron chi connectivity index (χ0n) is 15.4. The number of aryl methyl sites for hydroxylation is 2. The molecule has 0 atom stereocenters. The first kappa shape index (κ1) is 18.1. The minimum Gasteiger partial charge on any atom is -0.352 e. The monoisotopic (exact) mass is 368 g/mol. The van der Waals surface area contributed by atoms with Crippen LogP contribution >= 0.6 is 11.3 Å². The van der Waals surface area contributed by atoms with Gasteiger partial charge < -0.3 is 10.6 Å². The molecule has 0 aliphatic heterocycles. The molecular weight excluding hydrogens is 344 g/mol. The number of benzene rings is 1. The SMILES string of the molecule is CN=C(NCc1cccc(Cn2cccn2)c1)NCc1sc(C)nc1C. The summed E-state index contributed by atoms with van der Waals surface area (Å²) in [5.74, 6) is 0.785. The smallest absolute Gasteiger partial charge is 0.191 e. The Morgan fingerprint density at radius 1 is 1.15 bits per heavy atom. The minimum atomic E-state index is 0.716. The molecule has 0 unspecified atom stereocenters. The molecule has 0 aliphatic carbocycles. The summed E-state index contributed by atoms with van der Waals surface area (Å²) in [5, 5.41) is 12.1. The third-order valence-corrected chi connectivity index (χ3v) is 5.07. The first-order chi connectivity index (χ1) is 12.6. The van der Waals surface area contributed by atoms with Gasteiger partial charge in [0.1, 0.15) is 0 Å². The van der Waals surface area contributed by atoms with Crippen LogP contribution in [-0.2, 0) is 19.6 Å². The minimum absolute atomic E-state index is 0.716. The van der Waals surface area contributed by atoms with Crippen LogP contribution in [0.5, 0.6) is 0 Å². The second-order valence-electron chi connectivity index (χ2n) is 6.04. The van der Waals surface area contributed by atoms with Crippen molar-refractivity contribution in [2.75, 3.05) is 7.05 Å². The predicted molar refractivity (Wildman–Crippen MR) is 106 cm³/mol.